The number of hydrogen-bond acceptors (Lipinski definition) is 5. The van der Waals surface area contributed by atoms with Gasteiger partial charge in [-0.2, -0.15) is 0 Å². The molecule has 0 spiro atoms. The number of benzene rings is 2. The van der Waals surface area contributed by atoms with Crippen molar-refractivity contribution in [2.45, 2.75) is 0 Å². The fourth-order valence-electron chi connectivity index (χ4n) is 2.23. The van der Waals surface area contributed by atoms with Crippen LogP contribution >= 0.6 is 23.6 Å². The number of rotatable bonds is 4. The predicted molar refractivity (Wildman–Crippen MR) is 105 cm³/mol. The molecule has 132 valence electrons. The minimum Gasteiger partial charge on any atom is -0.483 e. The van der Waals surface area contributed by atoms with Gasteiger partial charge in [0.15, 0.2) is 11.7 Å². The van der Waals surface area contributed by atoms with Crippen LogP contribution in [0.3, 0.4) is 0 Å². The smallest absolute Gasteiger partial charge is 0.276 e. The number of amides is 2. The number of ether oxygens (including phenoxy) is 1. The monoisotopic (exact) mass is 385 g/mol. The Balaban J connectivity index is 1.47. The summed E-state index contributed by atoms with van der Waals surface area (Å²) in [6.45, 7) is -0.192. The molecule has 8 heteroatoms. The van der Waals surface area contributed by atoms with Gasteiger partial charge in [0.05, 0.1) is 4.88 Å². The van der Waals surface area contributed by atoms with E-state index in [1.54, 1.807) is 23.6 Å². The van der Waals surface area contributed by atoms with Gasteiger partial charge in [-0.15, -0.1) is 11.3 Å². The lowest BCUT2D eigenvalue weighted by Gasteiger charge is -2.12. The first-order valence-electron chi connectivity index (χ1n) is 7.68. The summed E-state index contributed by atoms with van der Waals surface area (Å²) < 4.78 is 5.57. The molecular weight excluding hydrogens is 370 g/mol. The molecule has 1 aromatic heterocycles. The van der Waals surface area contributed by atoms with Crippen molar-refractivity contribution in [3.8, 4) is 5.75 Å². The molecule has 0 fully saturated rings. The summed E-state index contributed by atoms with van der Waals surface area (Å²) in [7, 11) is 0. The Morgan fingerprint density at radius 2 is 1.81 bits per heavy atom. The molecule has 3 rings (SSSR count). The molecule has 0 atom stereocenters. The third-order valence-corrected chi connectivity index (χ3v) is 4.47. The van der Waals surface area contributed by atoms with Crippen molar-refractivity contribution < 1.29 is 14.3 Å². The van der Waals surface area contributed by atoms with E-state index in [1.807, 2.05) is 36.4 Å². The largest absolute Gasteiger partial charge is 0.483 e. The van der Waals surface area contributed by atoms with Crippen molar-refractivity contribution in [1.82, 2.24) is 16.2 Å². The molecule has 2 amide bonds. The van der Waals surface area contributed by atoms with Gasteiger partial charge in [-0.3, -0.25) is 25.8 Å². The maximum atomic E-state index is 11.9. The second kappa shape index (κ2) is 8.41. The van der Waals surface area contributed by atoms with E-state index in [-0.39, 0.29) is 17.6 Å². The highest BCUT2D eigenvalue weighted by Crippen LogP contribution is 2.24. The summed E-state index contributed by atoms with van der Waals surface area (Å²) in [6, 6.07) is 16.8. The van der Waals surface area contributed by atoms with E-state index < -0.39 is 5.91 Å². The number of nitrogens with one attached hydrogen (secondary N) is 3. The molecule has 0 saturated carbocycles. The number of thiophene rings is 1. The van der Waals surface area contributed by atoms with Gasteiger partial charge in [-0.25, -0.2) is 0 Å². The highest BCUT2D eigenvalue weighted by atomic mass is 32.1. The van der Waals surface area contributed by atoms with Gasteiger partial charge >= 0.3 is 0 Å². The van der Waals surface area contributed by atoms with Crippen LogP contribution in [0.15, 0.2) is 60.0 Å². The lowest BCUT2D eigenvalue weighted by Crippen LogP contribution is -2.49. The van der Waals surface area contributed by atoms with E-state index in [1.165, 1.54) is 11.3 Å². The van der Waals surface area contributed by atoms with Crippen molar-refractivity contribution in [3.05, 3.63) is 64.9 Å². The van der Waals surface area contributed by atoms with Gasteiger partial charge in [0.2, 0.25) is 0 Å². The number of thiocarbonyl (C=S) groups is 1. The van der Waals surface area contributed by atoms with Crippen LogP contribution in [0.25, 0.3) is 10.8 Å². The van der Waals surface area contributed by atoms with Crippen LogP contribution < -0.4 is 20.9 Å². The molecule has 0 bridgehead atoms. The normalized spacial score (nSPS) is 10.2. The Kier molecular flexibility index (Phi) is 5.77. The van der Waals surface area contributed by atoms with Crippen LogP contribution in [0.2, 0.25) is 0 Å². The number of carbonyl (C=O) groups is 2. The first kappa shape index (κ1) is 17.8. The molecule has 0 saturated heterocycles. The zero-order chi connectivity index (χ0) is 18.4. The van der Waals surface area contributed by atoms with E-state index >= 15 is 0 Å². The van der Waals surface area contributed by atoms with Crippen LogP contribution in [0.4, 0.5) is 0 Å². The van der Waals surface area contributed by atoms with Crippen molar-refractivity contribution in [1.29, 1.82) is 0 Å². The average molecular weight is 385 g/mol. The van der Waals surface area contributed by atoms with Crippen LogP contribution in [-0.2, 0) is 4.79 Å². The van der Waals surface area contributed by atoms with Gasteiger partial charge < -0.3 is 4.74 Å². The van der Waals surface area contributed by atoms with E-state index in [9.17, 15) is 9.59 Å². The zero-order valence-electron chi connectivity index (χ0n) is 13.5. The summed E-state index contributed by atoms with van der Waals surface area (Å²) in [5.41, 5.74) is 4.86. The zero-order valence-corrected chi connectivity index (χ0v) is 15.2. The summed E-state index contributed by atoms with van der Waals surface area (Å²) in [4.78, 5) is 24.3. The molecular formula is C18H15N3O3S2. The fraction of sp³-hybridized carbons (Fsp3) is 0.0556. The highest BCUT2D eigenvalue weighted by molar-refractivity contribution is 7.80. The number of hydrogen-bond donors (Lipinski definition) is 3. The SMILES string of the molecule is O=C(COc1cccc2ccccc12)NNC(=S)NC(=O)c1cccs1. The first-order chi connectivity index (χ1) is 12.6. The summed E-state index contributed by atoms with van der Waals surface area (Å²) >= 11 is 6.27. The molecule has 26 heavy (non-hydrogen) atoms. The molecule has 1 heterocycles. The standard InChI is InChI=1S/C18H15N3O3S2/c22-16(20-21-18(25)19-17(23)15-9-4-10-26-15)11-24-14-8-3-6-12-5-1-2-7-13(12)14/h1-10H,11H2,(H,20,22)(H2,19,21,23,25). The fourth-order valence-corrected chi connectivity index (χ4v) is 2.99. The lowest BCUT2D eigenvalue weighted by atomic mass is 10.1. The molecule has 0 aliphatic carbocycles. The van der Waals surface area contributed by atoms with Crippen molar-refractivity contribution in [2.24, 2.45) is 0 Å². The van der Waals surface area contributed by atoms with Crippen molar-refractivity contribution >= 4 is 51.3 Å². The maximum Gasteiger partial charge on any atom is 0.276 e. The molecule has 0 aliphatic heterocycles. The Labute approximate surface area is 159 Å². The van der Waals surface area contributed by atoms with Crippen LogP contribution in [0, 0.1) is 0 Å². The average Bonchev–Trinajstić information content (AvgIpc) is 3.19. The van der Waals surface area contributed by atoms with Crippen LogP contribution in [-0.4, -0.2) is 23.5 Å². The molecule has 0 aliphatic rings. The second-order valence-corrected chi connectivity index (χ2v) is 6.56. The third kappa shape index (κ3) is 4.56. The van der Waals surface area contributed by atoms with Crippen molar-refractivity contribution in [2.75, 3.05) is 6.61 Å². The Morgan fingerprint density at radius 1 is 1.00 bits per heavy atom. The quantitative estimate of drug-likeness (QED) is 0.475. The van der Waals surface area contributed by atoms with E-state index in [4.69, 9.17) is 17.0 Å². The Hall–Kier alpha value is -2.97. The maximum absolute atomic E-state index is 11.9. The number of fused-ring (bicyclic) bond motifs is 1. The third-order valence-electron chi connectivity index (χ3n) is 3.40. The number of carbonyl (C=O) groups excluding carboxylic acids is 2. The van der Waals surface area contributed by atoms with Crippen LogP contribution in [0.5, 0.6) is 5.75 Å². The Morgan fingerprint density at radius 3 is 2.62 bits per heavy atom. The summed E-state index contributed by atoms with van der Waals surface area (Å²) in [6.07, 6.45) is 0. The second-order valence-electron chi connectivity index (χ2n) is 5.20. The first-order valence-corrected chi connectivity index (χ1v) is 8.96. The summed E-state index contributed by atoms with van der Waals surface area (Å²) in [5, 5.41) is 6.22. The van der Waals surface area contributed by atoms with Crippen molar-refractivity contribution in [3.63, 3.8) is 0 Å². The topological polar surface area (TPSA) is 79.5 Å². The summed E-state index contributed by atoms with van der Waals surface area (Å²) in [5.74, 6) is -0.142. The van der Waals surface area contributed by atoms with Gasteiger partial charge in [0.1, 0.15) is 5.75 Å². The minimum atomic E-state index is -0.425. The minimum absolute atomic E-state index is 0.00177. The van der Waals surface area contributed by atoms with Gasteiger partial charge in [-0.05, 0) is 35.1 Å². The predicted octanol–water partition coefficient (Wildman–Crippen LogP) is 2.62. The van der Waals surface area contributed by atoms with Gasteiger partial charge in [0, 0.05) is 5.39 Å². The van der Waals surface area contributed by atoms with E-state index in [0.717, 1.165) is 10.8 Å². The molecule has 6 nitrogen and oxygen atoms in total. The molecule has 3 N–H and O–H groups in total. The highest BCUT2D eigenvalue weighted by Gasteiger charge is 2.10. The van der Waals surface area contributed by atoms with Gasteiger partial charge in [0.25, 0.3) is 11.8 Å². The Bertz CT molecular complexity index is 937. The molecule has 0 unspecified atom stereocenters. The molecule has 2 aromatic carbocycles. The lowest BCUT2D eigenvalue weighted by molar-refractivity contribution is -0.123. The van der Waals surface area contributed by atoms with Crippen LogP contribution in [0.1, 0.15) is 9.67 Å². The molecule has 0 radical (unpaired) electrons. The van der Waals surface area contributed by atoms with E-state index in [2.05, 4.69) is 16.2 Å². The van der Waals surface area contributed by atoms with E-state index in [0.29, 0.717) is 10.6 Å². The molecule has 3 aromatic rings. The van der Waals surface area contributed by atoms with Gasteiger partial charge in [-0.1, -0.05) is 42.5 Å². The number of hydrazine groups is 1.